The number of Topliss-reactive ketones (excluding diaryl/α,β-unsaturated/α-hetero) is 1. The number of anilines is 3. The molecule has 0 saturated carbocycles. The quantitative estimate of drug-likeness (QED) is 0.425. The molecule has 0 unspecified atom stereocenters. The highest BCUT2D eigenvalue weighted by Gasteiger charge is 2.10. The first-order chi connectivity index (χ1) is 15.0. The summed E-state index contributed by atoms with van der Waals surface area (Å²) < 4.78 is 0. The second kappa shape index (κ2) is 10.7. The molecule has 0 aliphatic rings. The van der Waals surface area contributed by atoms with Crippen molar-refractivity contribution in [1.29, 1.82) is 0 Å². The minimum Gasteiger partial charge on any atom is -0.326 e. The van der Waals surface area contributed by atoms with E-state index in [1.165, 1.54) is 5.56 Å². The van der Waals surface area contributed by atoms with Gasteiger partial charge in [0.2, 0.25) is 5.91 Å². The lowest BCUT2D eigenvalue weighted by Gasteiger charge is -2.09. The molecule has 0 atom stereocenters. The van der Waals surface area contributed by atoms with Gasteiger partial charge in [0.25, 0.3) is 0 Å². The Labute approximate surface area is 181 Å². The van der Waals surface area contributed by atoms with Crippen molar-refractivity contribution in [2.24, 2.45) is 0 Å². The molecule has 6 heteroatoms. The maximum atomic E-state index is 12.3. The van der Waals surface area contributed by atoms with Gasteiger partial charge in [-0.2, -0.15) is 0 Å². The topological polar surface area (TPSA) is 87.3 Å². The number of carbonyl (C=O) groups is 3. The Morgan fingerprint density at radius 1 is 0.645 bits per heavy atom. The van der Waals surface area contributed by atoms with Gasteiger partial charge in [-0.1, -0.05) is 49.4 Å². The molecule has 0 spiro atoms. The molecule has 0 radical (unpaired) electrons. The van der Waals surface area contributed by atoms with Crippen molar-refractivity contribution in [3.05, 3.63) is 90.0 Å². The van der Waals surface area contributed by atoms with Crippen LogP contribution in [0.3, 0.4) is 0 Å². The normalized spacial score (nSPS) is 10.2. The van der Waals surface area contributed by atoms with Crippen LogP contribution in [0.2, 0.25) is 0 Å². The Bertz CT molecular complexity index is 1030. The second-order valence-corrected chi connectivity index (χ2v) is 7.04. The number of nitrogens with one attached hydrogen (secondary N) is 3. The number of urea groups is 1. The third-order valence-electron chi connectivity index (χ3n) is 4.72. The van der Waals surface area contributed by atoms with Crippen LogP contribution in [-0.2, 0) is 11.2 Å². The monoisotopic (exact) mass is 415 g/mol. The van der Waals surface area contributed by atoms with Gasteiger partial charge in [-0.15, -0.1) is 0 Å². The van der Waals surface area contributed by atoms with E-state index in [-0.39, 0.29) is 30.6 Å². The molecule has 0 aliphatic heterocycles. The van der Waals surface area contributed by atoms with Crippen molar-refractivity contribution < 1.29 is 14.4 Å². The fourth-order valence-electron chi connectivity index (χ4n) is 2.97. The molecule has 3 rings (SSSR count). The van der Waals surface area contributed by atoms with E-state index in [1.54, 1.807) is 48.5 Å². The Balaban J connectivity index is 1.44. The Morgan fingerprint density at radius 2 is 1.19 bits per heavy atom. The van der Waals surface area contributed by atoms with Crippen LogP contribution in [0.15, 0.2) is 78.9 Å². The zero-order chi connectivity index (χ0) is 22.1. The molecule has 0 fully saturated rings. The lowest BCUT2D eigenvalue weighted by atomic mass is 10.0. The van der Waals surface area contributed by atoms with Crippen LogP contribution in [0.25, 0.3) is 0 Å². The summed E-state index contributed by atoms with van der Waals surface area (Å²) in [6.07, 6.45) is 1.17. The van der Waals surface area contributed by atoms with Crippen molar-refractivity contribution in [2.75, 3.05) is 16.0 Å². The average Bonchev–Trinajstić information content (AvgIpc) is 2.79. The van der Waals surface area contributed by atoms with E-state index in [4.69, 9.17) is 0 Å². The van der Waals surface area contributed by atoms with E-state index in [9.17, 15) is 14.4 Å². The molecule has 3 amide bonds. The fourth-order valence-corrected chi connectivity index (χ4v) is 2.97. The van der Waals surface area contributed by atoms with Gasteiger partial charge in [0.1, 0.15) is 0 Å². The summed E-state index contributed by atoms with van der Waals surface area (Å²) >= 11 is 0. The molecule has 6 nitrogen and oxygen atoms in total. The minimum atomic E-state index is -0.353. The molecule has 158 valence electrons. The van der Waals surface area contributed by atoms with Gasteiger partial charge in [0.05, 0.1) is 0 Å². The maximum absolute atomic E-state index is 12.3. The molecule has 0 aromatic heterocycles. The molecule has 0 saturated heterocycles. The second-order valence-electron chi connectivity index (χ2n) is 7.04. The molecule has 0 heterocycles. The number of hydrogen-bond acceptors (Lipinski definition) is 3. The summed E-state index contributed by atoms with van der Waals surface area (Å²) in [6, 6.07) is 23.0. The lowest BCUT2D eigenvalue weighted by molar-refractivity contribution is -0.116. The molecule has 0 aliphatic carbocycles. The number of aryl methyl sites for hydroxylation is 1. The number of hydrogen-bond donors (Lipinski definition) is 3. The third kappa shape index (κ3) is 6.82. The summed E-state index contributed by atoms with van der Waals surface area (Å²) in [5.74, 6) is -0.289. The van der Waals surface area contributed by atoms with Crippen LogP contribution in [-0.4, -0.2) is 17.7 Å². The van der Waals surface area contributed by atoms with Crippen molar-refractivity contribution >= 4 is 34.8 Å². The highest BCUT2D eigenvalue weighted by Crippen LogP contribution is 2.15. The first kappa shape index (κ1) is 21.8. The van der Waals surface area contributed by atoms with Crippen LogP contribution in [0.4, 0.5) is 21.9 Å². The summed E-state index contributed by atoms with van der Waals surface area (Å²) in [7, 11) is 0. The molecule has 3 aromatic rings. The highest BCUT2D eigenvalue weighted by atomic mass is 16.2. The Hall–Kier alpha value is -3.93. The molecule has 31 heavy (non-hydrogen) atoms. The number of ketones is 1. The van der Waals surface area contributed by atoms with E-state index in [0.29, 0.717) is 22.6 Å². The molecular formula is C25H25N3O3. The Kier molecular flexibility index (Phi) is 7.54. The van der Waals surface area contributed by atoms with Gasteiger partial charge in [-0.05, 0) is 48.4 Å². The fraction of sp³-hybridized carbons (Fsp3) is 0.160. The van der Waals surface area contributed by atoms with Crippen molar-refractivity contribution in [2.45, 2.75) is 26.2 Å². The zero-order valence-electron chi connectivity index (χ0n) is 17.4. The number of carbonyl (C=O) groups excluding carboxylic acids is 3. The molecule has 0 bridgehead atoms. The molecular weight excluding hydrogens is 390 g/mol. The number of rotatable bonds is 8. The maximum Gasteiger partial charge on any atom is 0.323 e. The predicted octanol–water partition coefficient (Wildman–Crippen LogP) is 5.49. The van der Waals surface area contributed by atoms with Crippen LogP contribution in [0.1, 0.15) is 35.7 Å². The van der Waals surface area contributed by atoms with Gasteiger partial charge in [-0.3, -0.25) is 9.59 Å². The summed E-state index contributed by atoms with van der Waals surface area (Å²) in [5.41, 5.74) is 3.68. The lowest BCUT2D eigenvalue weighted by Crippen LogP contribution is -2.19. The van der Waals surface area contributed by atoms with Crippen LogP contribution in [0, 0.1) is 0 Å². The number of para-hydroxylation sites is 1. The van der Waals surface area contributed by atoms with E-state index in [0.717, 1.165) is 6.42 Å². The van der Waals surface area contributed by atoms with E-state index < -0.39 is 0 Å². The first-order valence-corrected chi connectivity index (χ1v) is 10.2. The molecule has 3 N–H and O–H groups in total. The standard InChI is InChI=1S/C25H25N3O3/c1-2-18-8-10-19(11-9-18)23(29)16-17-24(30)26-21-12-14-22(15-13-21)28-25(31)27-20-6-4-3-5-7-20/h3-15H,2,16-17H2,1H3,(H,26,30)(H2,27,28,31). The van der Waals surface area contributed by atoms with E-state index >= 15 is 0 Å². The average molecular weight is 415 g/mol. The highest BCUT2D eigenvalue weighted by molar-refractivity contribution is 6.01. The summed E-state index contributed by atoms with van der Waals surface area (Å²) in [6.45, 7) is 2.06. The molecule has 3 aromatic carbocycles. The number of amides is 3. The smallest absolute Gasteiger partial charge is 0.323 e. The van der Waals surface area contributed by atoms with Gasteiger partial charge in [0, 0.05) is 35.5 Å². The van der Waals surface area contributed by atoms with Gasteiger partial charge < -0.3 is 16.0 Å². The van der Waals surface area contributed by atoms with E-state index in [2.05, 4.69) is 22.9 Å². The van der Waals surface area contributed by atoms with Crippen molar-refractivity contribution in [3.8, 4) is 0 Å². The largest absolute Gasteiger partial charge is 0.326 e. The van der Waals surface area contributed by atoms with Gasteiger partial charge in [-0.25, -0.2) is 4.79 Å². The first-order valence-electron chi connectivity index (χ1n) is 10.2. The van der Waals surface area contributed by atoms with Crippen molar-refractivity contribution in [1.82, 2.24) is 0 Å². The van der Waals surface area contributed by atoms with Gasteiger partial charge in [0.15, 0.2) is 5.78 Å². The minimum absolute atomic E-state index is 0.0539. The Morgan fingerprint density at radius 3 is 1.77 bits per heavy atom. The van der Waals surface area contributed by atoms with Crippen LogP contribution in [0.5, 0.6) is 0 Å². The number of benzene rings is 3. The van der Waals surface area contributed by atoms with Crippen LogP contribution < -0.4 is 16.0 Å². The van der Waals surface area contributed by atoms with Crippen LogP contribution >= 0.6 is 0 Å². The van der Waals surface area contributed by atoms with Crippen molar-refractivity contribution in [3.63, 3.8) is 0 Å². The predicted molar refractivity (Wildman–Crippen MR) is 124 cm³/mol. The van der Waals surface area contributed by atoms with Gasteiger partial charge >= 0.3 is 6.03 Å². The van der Waals surface area contributed by atoms with E-state index in [1.807, 2.05) is 30.3 Å². The zero-order valence-corrected chi connectivity index (χ0v) is 17.4. The summed E-state index contributed by atoms with van der Waals surface area (Å²) in [4.78, 5) is 36.4. The summed E-state index contributed by atoms with van der Waals surface area (Å²) in [5, 5.41) is 8.23. The SMILES string of the molecule is CCc1ccc(C(=O)CCC(=O)Nc2ccc(NC(=O)Nc3ccccc3)cc2)cc1. The third-order valence-corrected chi connectivity index (χ3v) is 4.72.